The Morgan fingerprint density at radius 1 is 0.595 bits per heavy atom. The molecule has 0 saturated heterocycles. The molecular formula is C37H64NO4. The minimum atomic E-state index is -1.23. The normalized spacial score (nSPS) is 11.9. The number of hydrogen-bond donors (Lipinski definition) is 1. The number of anilines is 1. The van der Waals surface area contributed by atoms with Crippen molar-refractivity contribution >= 4 is 17.6 Å². The number of carbonyl (C=O) groups excluding carboxylic acids is 2. The molecule has 1 unspecified atom stereocenters. The molecule has 1 rings (SSSR count). The zero-order chi connectivity index (χ0) is 30.5. The molecule has 0 fully saturated rings. The molecule has 1 aromatic carbocycles. The molecule has 42 heavy (non-hydrogen) atoms. The van der Waals surface area contributed by atoms with Crippen LogP contribution in [-0.4, -0.2) is 18.2 Å². The fourth-order valence-corrected chi connectivity index (χ4v) is 5.62. The molecule has 0 aliphatic heterocycles. The van der Waals surface area contributed by atoms with Gasteiger partial charge < -0.3 is 10.1 Å². The molecule has 241 valence electrons. The molecule has 1 aromatic rings. The summed E-state index contributed by atoms with van der Waals surface area (Å²) in [5.74, 6) is -1.44. The van der Waals surface area contributed by atoms with Crippen LogP contribution in [0.2, 0.25) is 0 Å². The van der Waals surface area contributed by atoms with Gasteiger partial charge in [-0.3, -0.25) is 4.79 Å². The number of unbranched alkanes of at least 4 members (excludes halogenated alkanes) is 22. The average molecular weight is 587 g/mol. The molecule has 5 nitrogen and oxygen atoms in total. The summed E-state index contributed by atoms with van der Waals surface area (Å²) in [6.45, 7) is 4.51. The first-order valence-electron chi connectivity index (χ1n) is 17.8. The molecule has 0 aromatic heterocycles. The third-order valence-corrected chi connectivity index (χ3v) is 8.29. The Morgan fingerprint density at radius 3 is 1.45 bits per heavy atom. The van der Waals surface area contributed by atoms with Gasteiger partial charge in [-0.2, -0.15) is 0 Å². The first kappa shape index (κ1) is 38.0. The summed E-state index contributed by atoms with van der Waals surface area (Å²) >= 11 is 0. The van der Waals surface area contributed by atoms with Gasteiger partial charge in [0, 0.05) is 12.8 Å². The van der Waals surface area contributed by atoms with Crippen molar-refractivity contribution in [2.45, 2.75) is 187 Å². The Morgan fingerprint density at radius 2 is 1.00 bits per heavy atom. The summed E-state index contributed by atoms with van der Waals surface area (Å²) < 4.78 is 5.82. The van der Waals surface area contributed by atoms with E-state index in [1.54, 1.807) is 18.2 Å². The summed E-state index contributed by atoms with van der Waals surface area (Å²) in [5.41, 5.74) is 0.534. The molecule has 0 spiro atoms. The van der Waals surface area contributed by atoms with E-state index >= 15 is 0 Å². The Kier molecular flexibility index (Phi) is 25.1. The molecule has 5 heteroatoms. The zero-order valence-corrected chi connectivity index (χ0v) is 27.4. The monoisotopic (exact) mass is 586 g/mol. The van der Waals surface area contributed by atoms with Gasteiger partial charge in [0.25, 0.3) is 0 Å². The van der Waals surface area contributed by atoms with Crippen molar-refractivity contribution in [2.24, 2.45) is 0 Å². The third kappa shape index (κ3) is 21.6. The van der Waals surface area contributed by atoms with E-state index in [2.05, 4.69) is 19.2 Å². The standard InChI is InChI=1S/C37H64NO4/c1-3-5-7-9-11-13-14-15-16-17-18-20-22-24-26-32-36(39)42-35(31-25-23-21-19-12-10-8-6-4-2)38-34-30-28-27-29-33(34)37(40)41/h27-30,35,38H,3-26,31-32H2,1-2H3. The van der Waals surface area contributed by atoms with Crippen LogP contribution in [0.3, 0.4) is 0 Å². The van der Waals surface area contributed by atoms with Crippen molar-refractivity contribution in [3.05, 3.63) is 29.8 Å². The van der Waals surface area contributed by atoms with Crippen molar-refractivity contribution in [3.8, 4) is 0 Å². The minimum absolute atomic E-state index is 0.0908. The lowest BCUT2D eigenvalue weighted by molar-refractivity contribution is -0.148. The van der Waals surface area contributed by atoms with Gasteiger partial charge in [-0.25, -0.2) is 9.90 Å². The Labute approximate surface area is 259 Å². The number of ether oxygens (including phenoxy) is 1. The average Bonchev–Trinajstić information content (AvgIpc) is 2.98. The molecule has 0 aliphatic rings. The predicted molar refractivity (Wildman–Crippen MR) is 176 cm³/mol. The number of hydrogen-bond acceptors (Lipinski definition) is 4. The second-order valence-corrected chi connectivity index (χ2v) is 12.3. The fourth-order valence-electron chi connectivity index (χ4n) is 5.62. The quantitative estimate of drug-likeness (QED) is 0.0552. The van der Waals surface area contributed by atoms with Crippen LogP contribution in [0, 0.1) is 0 Å². The smallest absolute Gasteiger partial charge is 0.388 e. The largest absolute Gasteiger partial charge is 0.442 e. The van der Waals surface area contributed by atoms with Crippen molar-refractivity contribution in [1.82, 2.24) is 0 Å². The highest BCUT2D eigenvalue weighted by atomic mass is 16.6. The van der Waals surface area contributed by atoms with Crippen LogP contribution in [0.4, 0.5) is 5.69 Å². The highest BCUT2D eigenvalue weighted by molar-refractivity contribution is 5.93. The summed E-state index contributed by atoms with van der Waals surface area (Å²) in [5, 5.41) is 14.7. The molecule has 0 heterocycles. The van der Waals surface area contributed by atoms with Gasteiger partial charge in [-0.05, 0) is 25.0 Å². The number of carbonyl (C=O) groups is 2. The number of nitrogens with one attached hydrogen (secondary N) is 1. The number of benzene rings is 1. The molecule has 1 radical (unpaired) electrons. The van der Waals surface area contributed by atoms with Crippen molar-refractivity contribution < 1.29 is 19.4 Å². The van der Waals surface area contributed by atoms with Gasteiger partial charge in [0.1, 0.15) is 0 Å². The summed E-state index contributed by atoms with van der Waals surface area (Å²) in [4.78, 5) is 24.2. The molecule has 1 atom stereocenters. The molecule has 1 N–H and O–H groups in total. The van der Waals surface area contributed by atoms with E-state index in [1.165, 1.54) is 134 Å². The van der Waals surface area contributed by atoms with Crippen LogP contribution in [0.5, 0.6) is 0 Å². The van der Waals surface area contributed by atoms with E-state index in [1.807, 2.05) is 0 Å². The number of para-hydroxylation sites is 1. The van der Waals surface area contributed by atoms with Crippen LogP contribution in [0.15, 0.2) is 24.3 Å². The van der Waals surface area contributed by atoms with E-state index < -0.39 is 12.2 Å². The fraction of sp³-hybridized carbons (Fsp3) is 0.784. The van der Waals surface area contributed by atoms with Gasteiger partial charge in [0.2, 0.25) is 0 Å². The lowest BCUT2D eigenvalue weighted by Gasteiger charge is -2.21. The maximum Gasteiger partial charge on any atom is 0.388 e. The van der Waals surface area contributed by atoms with Gasteiger partial charge in [-0.1, -0.05) is 167 Å². The van der Waals surface area contributed by atoms with E-state index in [9.17, 15) is 14.7 Å². The van der Waals surface area contributed by atoms with Gasteiger partial charge in [-0.15, -0.1) is 0 Å². The zero-order valence-electron chi connectivity index (χ0n) is 27.4. The minimum Gasteiger partial charge on any atom is -0.442 e. The van der Waals surface area contributed by atoms with Crippen molar-refractivity contribution in [3.63, 3.8) is 0 Å². The lowest BCUT2D eigenvalue weighted by atomic mass is 10.0. The third-order valence-electron chi connectivity index (χ3n) is 8.29. The Balaban J connectivity index is 2.25. The van der Waals surface area contributed by atoms with E-state index in [0.717, 1.165) is 25.7 Å². The highest BCUT2D eigenvalue weighted by Crippen LogP contribution is 2.20. The predicted octanol–water partition coefficient (Wildman–Crippen LogP) is 11.7. The maximum absolute atomic E-state index is 12.7. The Hall–Kier alpha value is -2.04. The van der Waals surface area contributed by atoms with Crippen LogP contribution in [-0.2, 0) is 14.6 Å². The first-order chi connectivity index (χ1) is 20.6. The van der Waals surface area contributed by atoms with E-state index in [-0.39, 0.29) is 11.5 Å². The first-order valence-corrected chi connectivity index (χ1v) is 17.8. The molecule has 0 bridgehead atoms. The number of rotatable bonds is 30. The van der Waals surface area contributed by atoms with Gasteiger partial charge in [0.15, 0.2) is 6.23 Å². The molecule has 0 saturated carbocycles. The summed E-state index contributed by atoms with van der Waals surface area (Å²) in [6, 6.07) is 6.68. The van der Waals surface area contributed by atoms with Crippen molar-refractivity contribution in [2.75, 3.05) is 5.32 Å². The maximum atomic E-state index is 12.7. The summed E-state index contributed by atoms with van der Waals surface area (Å²) in [6.07, 6.45) is 30.9. The highest BCUT2D eigenvalue weighted by Gasteiger charge is 2.18. The SMILES string of the molecule is CCCCCCCCCCCCCCCCCC(=O)OC(CCCCCCCCCCC)Nc1ccccc1C([O])=O. The van der Waals surface area contributed by atoms with Crippen LogP contribution in [0.25, 0.3) is 0 Å². The summed E-state index contributed by atoms with van der Waals surface area (Å²) in [7, 11) is 0. The second kappa shape index (κ2) is 27.8. The van der Waals surface area contributed by atoms with Crippen LogP contribution < -0.4 is 5.32 Å². The number of esters is 1. The lowest BCUT2D eigenvalue weighted by Crippen LogP contribution is -2.27. The topological polar surface area (TPSA) is 75.3 Å². The van der Waals surface area contributed by atoms with Gasteiger partial charge in [0.05, 0.1) is 11.3 Å². The second-order valence-electron chi connectivity index (χ2n) is 12.3. The van der Waals surface area contributed by atoms with Crippen LogP contribution in [0.1, 0.15) is 191 Å². The van der Waals surface area contributed by atoms with E-state index in [0.29, 0.717) is 18.5 Å². The molecular weight excluding hydrogens is 522 g/mol. The molecule has 0 aliphatic carbocycles. The van der Waals surface area contributed by atoms with E-state index in [4.69, 9.17) is 4.74 Å². The van der Waals surface area contributed by atoms with Crippen LogP contribution >= 0.6 is 0 Å². The van der Waals surface area contributed by atoms with Crippen molar-refractivity contribution in [1.29, 1.82) is 0 Å². The molecule has 0 amide bonds. The van der Waals surface area contributed by atoms with Gasteiger partial charge >= 0.3 is 11.9 Å². The Bertz CT molecular complexity index is 781.